The van der Waals surface area contributed by atoms with Crippen molar-refractivity contribution in [2.45, 2.75) is 25.7 Å². The van der Waals surface area contributed by atoms with Crippen molar-refractivity contribution in [1.29, 1.82) is 0 Å². The molecule has 4 rings (SSSR count). The number of nitrogens with one attached hydrogen (secondary N) is 2. The molecule has 0 unspecified atom stereocenters. The number of hydrogen-bond donors (Lipinski definition) is 2. The molecule has 3 aromatic rings. The van der Waals surface area contributed by atoms with Crippen LogP contribution in [-0.2, 0) is 5.41 Å². The molecule has 0 aliphatic carbocycles. The van der Waals surface area contributed by atoms with E-state index in [-0.39, 0.29) is 11.4 Å². The van der Waals surface area contributed by atoms with E-state index in [1.54, 1.807) is 0 Å². The van der Waals surface area contributed by atoms with Crippen LogP contribution in [0.2, 0.25) is 0 Å². The molecular formula is C26H30N4O. The summed E-state index contributed by atoms with van der Waals surface area (Å²) in [6, 6.07) is 25.2. The number of carbonyl (C=O) groups is 1. The largest absolute Gasteiger partial charge is 0.337 e. The van der Waals surface area contributed by atoms with Crippen LogP contribution < -0.4 is 10.6 Å². The van der Waals surface area contributed by atoms with Crippen LogP contribution in [-0.4, -0.2) is 42.1 Å². The van der Waals surface area contributed by atoms with Gasteiger partial charge >= 0.3 is 6.03 Å². The number of pyridine rings is 1. The fourth-order valence-electron chi connectivity index (χ4n) is 4.64. The summed E-state index contributed by atoms with van der Waals surface area (Å²) in [4.78, 5) is 19.1. The lowest BCUT2D eigenvalue weighted by molar-refractivity contribution is 0.249. The van der Waals surface area contributed by atoms with E-state index < -0.39 is 0 Å². The molecule has 2 amide bonds. The van der Waals surface area contributed by atoms with Crippen molar-refractivity contribution in [3.8, 4) is 0 Å². The van der Waals surface area contributed by atoms with Gasteiger partial charge in [-0.25, -0.2) is 4.79 Å². The minimum Gasteiger partial charge on any atom is -0.337 e. The minimum absolute atomic E-state index is 0.00310. The van der Waals surface area contributed by atoms with E-state index in [2.05, 4.69) is 81.2 Å². The highest BCUT2D eigenvalue weighted by Crippen LogP contribution is 2.40. The molecule has 0 atom stereocenters. The van der Waals surface area contributed by atoms with Crippen LogP contribution in [0.15, 0.2) is 72.8 Å². The normalized spacial score (nSPS) is 15.5. The van der Waals surface area contributed by atoms with Crippen LogP contribution in [0.1, 0.15) is 28.9 Å². The van der Waals surface area contributed by atoms with Crippen LogP contribution in [0.25, 0.3) is 0 Å². The summed E-state index contributed by atoms with van der Waals surface area (Å²) in [7, 11) is 0. The van der Waals surface area contributed by atoms with Crippen LogP contribution in [0.3, 0.4) is 0 Å². The van der Waals surface area contributed by atoms with Crippen molar-refractivity contribution in [3.63, 3.8) is 0 Å². The predicted octanol–water partition coefficient (Wildman–Crippen LogP) is 4.51. The molecule has 1 aromatic heterocycles. The van der Waals surface area contributed by atoms with Crippen LogP contribution in [0, 0.1) is 13.8 Å². The third-order valence-electron chi connectivity index (χ3n) is 6.05. The number of aryl methyl sites for hydroxylation is 2. The molecule has 1 fully saturated rings. The van der Waals surface area contributed by atoms with E-state index in [0.29, 0.717) is 6.54 Å². The molecule has 31 heavy (non-hydrogen) atoms. The maximum atomic E-state index is 12.3. The number of rotatable bonds is 6. The first-order chi connectivity index (χ1) is 15.0. The number of nitrogens with zero attached hydrogens (tertiary/aromatic N) is 2. The number of anilines is 1. The van der Waals surface area contributed by atoms with Crippen molar-refractivity contribution in [2.24, 2.45) is 0 Å². The van der Waals surface area contributed by atoms with Gasteiger partial charge < -0.3 is 15.5 Å². The number of carbonyl (C=O) groups excluding carboxylic acids is 1. The SMILES string of the molecule is Cc1cc(NC(=O)NCCN2CCC(c3ccccc3)(c3ccccc3)C2)cc(C)n1. The summed E-state index contributed by atoms with van der Waals surface area (Å²) >= 11 is 0. The van der Waals surface area contributed by atoms with E-state index in [1.807, 2.05) is 26.0 Å². The fraction of sp³-hybridized carbons (Fsp3) is 0.308. The second kappa shape index (κ2) is 9.31. The zero-order valence-electron chi connectivity index (χ0n) is 18.3. The maximum absolute atomic E-state index is 12.3. The quantitative estimate of drug-likeness (QED) is 0.624. The van der Waals surface area contributed by atoms with Crippen LogP contribution in [0.4, 0.5) is 10.5 Å². The van der Waals surface area contributed by atoms with Gasteiger partial charge in [-0.05, 0) is 50.1 Å². The van der Waals surface area contributed by atoms with Gasteiger partial charge in [-0.1, -0.05) is 60.7 Å². The van der Waals surface area contributed by atoms with E-state index >= 15 is 0 Å². The zero-order valence-corrected chi connectivity index (χ0v) is 18.3. The molecule has 1 aliphatic heterocycles. The van der Waals surface area contributed by atoms with Crippen LogP contribution in [0.5, 0.6) is 0 Å². The summed E-state index contributed by atoms with van der Waals surface area (Å²) in [5.74, 6) is 0. The monoisotopic (exact) mass is 414 g/mol. The summed E-state index contributed by atoms with van der Waals surface area (Å²) < 4.78 is 0. The minimum atomic E-state index is -0.179. The maximum Gasteiger partial charge on any atom is 0.319 e. The average Bonchev–Trinajstić information content (AvgIpc) is 3.20. The first kappa shape index (κ1) is 21.1. The number of aromatic nitrogens is 1. The van der Waals surface area contributed by atoms with Crippen molar-refractivity contribution >= 4 is 11.7 Å². The zero-order chi connectivity index (χ0) is 21.7. The van der Waals surface area contributed by atoms with Gasteiger partial charge in [0.25, 0.3) is 0 Å². The molecule has 2 aromatic carbocycles. The van der Waals surface area contributed by atoms with Crippen molar-refractivity contribution in [1.82, 2.24) is 15.2 Å². The number of amides is 2. The predicted molar refractivity (Wildman–Crippen MR) is 125 cm³/mol. The highest BCUT2D eigenvalue weighted by molar-refractivity contribution is 5.89. The molecule has 160 valence electrons. The van der Waals surface area contributed by atoms with Gasteiger partial charge in [0.1, 0.15) is 0 Å². The van der Waals surface area contributed by atoms with Crippen molar-refractivity contribution in [3.05, 3.63) is 95.3 Å². The summed E-state index contributed by atoms with van der Waals surface area (Å²) in [6.45, 7) is 7.24. The topological polar surface area (TPSA) is 57.3 Å². The lowest BCUT2D eigenvalue weighted by Gasteiger charge is -2.31. The van der Waals surface area contributed by atoms with Gasteiger partial charge in [0.05, 0.1) is 0 Å². The second-order valence-corrected chi connectivity index (χ2v) is 8.36. The number of benzene rings is 2. The Morgan fingerprint density at radius 1 is 0.968 bits per heavy atom. The molecular weight excluding hydrogens is 384 g/mol. The van der Waals surface area contributed by atoms with Gasteiger partial charge in [-0.15, -0.1) is 0 Å². The van der Waals surface area contributed by atoms with E-state index in [0.717, 1.165) is 43.1 Å². The number of likely N-dealkylation sites (tertiary alicyclic amines) is 1. The van der Waals surface area contributed by atoms with Crippen molar-refractivity contribution in [2.75, 3.05) is 31.5 Å². The molecule has 2 N–H and O–H groups in total. The second-order valence-electron chi connectivity index (χ2n) is 8.36. The Kier molecular flexibility index (Phi) is 6.33. The molecule has 0 saturated carbocycles. The molecule has 5 nitrogen and oxygen atoms in total. The summed E-state index contributed by atoms with van der Waals surface area (Å²) in [6.07, 6.45) is 1.07. The lowest BCUT2D eigenvalue weighted by atomic mass is 9.74. The number of urea groups is 1. The lowest BCUT2D eigenvalue weighted by Crippen LogP contribution is -2.38. The Morgan fingerprint density at radius 3 is 2.13 bits per heavy atom. The Balaban J connectivity index is 1.37. The smallest absolute Gasteiger partial charge is 0.319 e. The first-order valence-corrected chi connectivity index (χ1v) is 10.9. The molecule has 1 aliphatic rings. The molecule has 0 spiro atoms. The highest BCUT2D eigenvalue weighted by Gasteiger charge is 2.40. The standard InChI is InChI=1S/C26H30N4O/c1-20-17-24(18-21(2)28-20)29-25(31)27-14-16-30-15-13-26(19-30,22-9-5-3-6-10-22)23-11-7-4-8-12-23/h3-12,17-18H,13-16,19H2,1-2H3,(H2,27,28,29,31). The summed E-state index contributed by atoms with van der Waals surface area (Å²) in [5, 5.41) is 5.90. The van der Waals surface area contributed by atoms with Crippen LogP contribution >= 0.6 is 0 Å². The van der Waals surface area contributed by atoms with Gasteiger partial charge in [-0.3, -0.25) is 4.98 Å². The molecule has 2 heterocycles. The first-order valence-electron chi connectivity index (χ1n) is 10.9. The third-order valence-corrected chi connectivity index (χ3v) is 6.05. The summed E-state index contributed by atoms with van der Waals surface area (Å²) in [5.41, 5.74) is 5.28. The Bertz CT molecular complexity index is 960. The van der Waals surface area contributed by atoms with Gasteiger partial charge in [0.15, 0.2) is 0 Å². The third kappa shape index (κ3) is 4.94. The molecule has 0 bridgehead atoms. The molecule has 0 radical (unpaired) electrons. The van der Waals surface area contributed by atoms with Crippen molar-refractivity contribution < 1.29 is 4.79 Å². The van der Waals surface area contributed by atoms with Gasteiger partial charge in [0, 0.05) is 42.1 Å². The number of hydrogen-bond acceptors (Lipinski definition) is 3. The van der Waals surface area contributed by atoms with E-state index in [9.17, 15) is 4.79 Å². The Morgan fingerprint density at radius 2 is 1.55 bits per heavy atom. The van der Waals surface area contributed by atoms with Gasteiger partial charge in [-0.2, -0.15) is 0 Å². The highest BCUT2D eigenvalue weighted by atomic mass is 16.2. The van der Waals surface area contributed by atoms with E-state index in [1.165, 1.54) is 11.1 Å². The molecule has 1 saturated heterocycles. The Labute approximate surface area is 184 Å². The Hall–Kier alpha value is -3.18. The molecule has 5 heteroatoms. The van der Waals surface area contributed by atoms with Gasteiger partial charge in [0.2, 0.25) is 0 Å². The fourth-order valence-corrected chi connectivity index (χ4v) is 4.64. The average molecular weight is 415 g/mol. The van der Waals surface area contributed by atoms with E-state index in [4.69, 9.17) is 0 Å².